The summed E-state index contributed by atoms with van der Waals surface area (Å²) in [6, 6.07) is 9.94. The Kier molecular flexibility index (Phi) is 16.1. The van der Waals surface area contributed by atoms with Crippen LogP contribution in [0.5, 0.6) is 0 Å². The molecule has 0 spiro atoms. The van der Waals surface area contributed by atoms with Crippen molar-refractivity contribution in [1.29, 1.82) is 0 Å². The molecule has 2 aliphatic heterocycles. The van der Waals surface area contributed by atoms with Crippen molar-refractivity contribution in [2.24, 2.45) is 5.92 Å². The second-order valence-corrected chi connectivity index (χ2v) is 17.5. The molecule has 7 amide bonds. The predicted molar refractivity (Wildman–Crippen MR) is 241 cm³/mol. The van der Waals surface area contributed by atoms with Gasteiger partial charge in [-0.1, -0.05) is 56.3 Å². The van der Waals surface area contributed by atoms with Crippen molar-refractivity contribution in [3.05, 3.63) is 88.7 Å². The van der Waals surface area contributed by atoms with E-state index in [1.807, 2.05) is 30.3 Å². The SMILES string of the molecule is CC(C)C[C@@H]1NC(=O)[C@@H](c2cccs2)NC(=O)[C@H](CC(=O)O)NC(=O)[C@H](CC(=O)N2CCN(c3ccccc3)CC2)NC(=O)[C@@H](CC(=O)O)NC(=O)[C@@H](Cc2c[nH]c3ccccc23)NC1=O. The number of hydrogen-bond acceptors (Lipinski definition) is 11. The summed E-state index contributed by atoms with van der Waals surface area (Å²) < 4.78 is 0. The van der Waals surface area contributed by atoms with Crippen LogP contribution >= 0.6 is 11.3 Å². The monoisotopic (exact) mass is 927 g/mol. The van der Waals surface area contributed by atoms with Crippen LogP contribution in [0.25, 0.3) is 10.9 Å². The van der Waals surface area contributed by atoms with Gasteiger partial charge in [0.15, 0.2) is 0 Å². The molecule has 20 nitrogen and oxygen atoms in total. The maximum Gasteiger partial charge on any atom is 0.305 e. The Morgan fingerprint density at radius 3 is 1.74 bits per heavy atom. The first-order valence-electron chi connectivity index (χ1n) is 21.5. The number of nitrogens with zero attached hydrogens (tertiary/aromatic N) is 2. The molecule has 66 heavy (non-hydrogen) atoms. The number of carboxylic acids is 2. The molecule has 0 radical (unpaired) electrons. The highest BCUT2D eigenvalue weighted by molar-refractivity contribution is 7.10. The van der Waals surface area contributed by atoms with E-state index in [-0.39, 0.29) is 31.8 Å². The van der Waals surface area contributed by atoms with E-state index >= 15 is 0 Å². The average molecular weight is 928 g/mol. The van der Waals surface area contributed by atoms with Crippen LogP contribution in [-0.2, 0) is 49.6 Å². The molecule has 4 heterocycles. The van der Waals surface area contributed by atoms with Crippen LogP contribution in [0, 0.1) is 5.92 Å². The Morgan fingerprint density at radius 1 is 0.621 bits per heavy atom. The molecule has 2 aromatic carbocycles. The first-order valence-corrected chi connectivity index (χ1v) is 22.4. The standard InChI is InChI=1S/C45H53N9O11S/c1-25(2)19-30-40(60)47-31(20-26-24-46-29-12-7-6-11-28(26)29)41(61)49-33(22-37(56)57)43(63)48-32(21-36(55)54-16-14-53(15-17-54)27-9-4-3-5-10-27)42(62)50-34(23-38(58)59)44(64)52-39(45(65)51-30)35-13-8-18-66-35/h3-13,18,24-25,30-34,39,46H,14-17,19-23H2,1-2H3,(H,47,60)(H,48,63)(H,49,61)(H,50,62)(H,51,65)(H,52,64)(H,56,57)(H,58,59)/t30-,31+,32-,33+,34-,39+/m0/s1. The van der Waals surface area contributed by atoms with Crippen molar-refractivity contribution < 1.29 is 53.4 Å². The number of piperazine rings is 1. The molecule has 0 saturated carbocycles. The third-order valence-corrected chi connectivity index (χ3v) is 12.2. The van der Waals surface area contributed by atoms with Crippen molar-refractivity contribution >= 4 is 81.2 Å². The Labute approximate surface area is 383 Å². The highest BCUT2D eigenvalue weighted by Crippen LogP contribution is 2.23. The minimum absolute atomic E-state index is 0.0503. The molecule has 2 aromatic heterocycles. The number of aromatic amines is 1. The lowest BCUT2D eigenvalue weighted by Crippen LogP contribution is -2.61. The zero-order chi connectivity index (χ0) is 47.5. The van der Waals surface area contributed by atoms with E-state index in [1.54, 1.807) is 55.8 Å². The average Bonchev–Trinajstić information content (AvgIpc) is 3.97. The summed E-state index contributed by atoms with van der Waals surface area (Å²) in [6.07, 6.45) is -1.20. The molecule has 9 N–H and O–H groups in total. The summed E-state index contributed by atoms with van der Waals surface area (Å²) in [7, 11) is 0. The molecule has 6 rings (SSSR count). The number of amides is 7. The Morgan fingerprint density at radius 2 is 1.15 bits per heavy atom. The molecule has 4 aromatic rings. The molecule has 21 heteroatoms. The third kappa shape index (κ3) is 12.7. The van der Waals surface area contributed by atoms with Gasteiger partial charge in [-0.25, -0.2) is 0 Å². The number of nitrogens with one attached hydrogen (secondary N) is 7. The van der Waals surface area contributed by atoms with Crippen LogP contribution in [-0.4, -0.2) is 130 Å². The number of hydrogen-bond donors (Lipinski definition) is 9. The number of para-hydroxylation sites is 2. The molecule has 0 aliphatic carbocycles. The lowest BCUT2D eigenvalue weighted by molar-refractivity contribution is -0.143. The van der Waals surface area contributed by atoms with Crippen LogP contribution in [0.4, 0.5) is 5.69 Å². The minimum atomic E-state index is -1.88. The molecule has 2 saturated heterocycles. The third-order valence-electron chi connectivity index (χ3n) is 11.2. The van der Waals surface area contributed by atoms with E-state index < -0.39 is 109 Å². The smallest absolute Gasteiger partial charge is 0.305 e. The van der Waals surface area contributed by atoms with Crippen molar-refractivity contribution in [3.8, 4) is 0 Å². The van der Waals surface area contributed by atoms with Gasteiger partial charge in [0.05, 0.1) is 19.3 Å². The van der Waals surface area contributed by atoms with Crippen molar-refractivity contribution in [2.75, 3.05) is 31.1 Å². The number of carboxylic acid groups (broad SMARTS) is 2. The maximum atomic E-state index is 14.4. The number of rotatable bonds is 12. The largest absolute Gasteiger partial charge is 0.481 e. The molecule has 6 atom stereocenters. The lowest BCUT2D eigenvalue weighted by atomic mass is 10.00. The second kappa shape index (κ2) is 22.1. The van der Waals surface area contributed by atoms with Gasteiger partial charge in [-0.2, -0.15) is 0 Å². The number of carbonyl (C=O) groups excluding carboxylic acids is 7. The van der Waals surface area contributed by atoms with Gasteiger partial charge >= 0.3 is 11.9 Å². The van der Waals surface area contributed by atoms with Crippen molar-refractivity contribution in [2.45, 2.75) is 82.2 Å². The fraction of sp³-hybridized carbons (Fsp3) is 0.400. The molecule has 350 valence electrons. The highest BCUT2D eigenvalue weighted by atomic mass is 32.1. The van der Waals surface area contributed by atoms with Gasteiger partial charge in [0, 0.05) is 60.3 Å². The van der Waals surface area contributed by atoms with Crippen LogP contribution in [0.3, 0.4) is 0 Å². The van der Waals surface area contributed by atoms with Crippen LogP contribution < -0.4 is 36.8 Å². The number of aliphatic carboxylic acids is 2. The quantitative estimate of drug-likeness (QED) is 0.0955. The number of aromatic nitrogens is 1. The van der Waals surface area contributed by atoms with Gasteiger partial charge in [-0.3, -0.25) is 43.2 Å². The summed E-state index contributed by atoms with van der Waals surface area (Å²) >= 11 is 1.08. The van der Waals surface area contributed by atoms with E-state index in [0.29, 0.717) is 28.9 Å². The summed E-state index contributed by atoms with van der Waals surface area (Å²) in [5.74, 6) is -10.0. The molecule has 0 bridgehead atoms. The number of thiophene rings is 1. The highest BCUT2D eigenvalue weighted by Gasteiger charge is 2.38. The maximum absolute atomic E-state index is 14.4. The van der Waals surface area contributed by atoms with Gasteiger partial charge in [-0.15, -0.1) is 11.3 Å². The molecule has 2 fully saturated rings. The number of carbonyl (C=O) groups is 9. The number of anilines is 1. The van der Waals surface area contributed by atoms with Crippen LogP contribution in [0.15, 0.2) is 78.3 Å². The van der Waals surface area contributed by atoms with E-state index in [9.17, 15) is 53.4 Å². The van der Waals surface area contributed by atoms with E-state index in [2.05, 4.69) is 41.8 Å². The van der Waals surface area contributed by atoms with Crippen molar-refractivity contribution in [1.82, 2.24) is 41.8 Å². The van der Waals surface area contributed by atoms with Crippen LogP contribution in [0.1, 0.15) is 56.0 Å². The Balaban J connectivity index is 1.36. The van der Waals surface area contributed by atoms with Crippen LogP contribution in [0.2, 0.25) is 0 Å². The topological polar surface area (TPSA) is 289 Å². The van der Waals surface area contributed by atoms with Crippen molar-refractivity contribution in [3.63, 3.8) is 0 Å². The molecule has 2 aliphatic rings. The van der Waals surface area contributed by atoms with Gasteiger partial charge in [0.1, 0.15) is 36.3 Å². The summed E-state index contributed by atoms with van der Waals surface area (Å²) in [6.45, 7) is 4.90. The van der Waals surface area contributed by atoms with E-state index in [0.717, 1.165) is 22.5 Å². The first-order chi connectivity index (χ1) is 31.6. The second-order valence-electron chi connectivity index (χ2n) is 16.6. The summed E-state index contributed by atoms with van der Waals surface area (Å²) in [5.41, 5.74) is 2.23. The Hall–Kier alpha value is -7.29. The summed E-state index contributed by atoms with van der Waals surface area (Å²) in [4.78, 5) is 130. The van der Waals surface area contributed by atoms with E-state index in [4.69, 9.17) is 0 Å². The fourth-order valence-electron chi connectivity index (χ4n) is 7.87. The van der Waals surface area contributed by atoms with Gasteiger partial charge in [-0.05, 0) is 47.5 Å². The van der Waals surface area contributed by atoms with Gasteiger partial charge < -0.3 is 56.9 Å². The van der Waals surface area contributed by atoms with E-state index in [1.165, 1.54) is 11.0 Å². The molecular weight excluding hydrogens is 875 g/mol. The number of benzene rings is 2. The predicted octanol–water partition coefficient (Wildman–Crippen LogP) is 0.801. The lowest BCUT2D eigenvalue weighted by Gasteiger charge is -2.36. The van der Waals surface area contributed by atoms with Gasteiger partial charge in [0.2, 0.25) is 41.4 Å². The normalized spacial score (nSPS) is 22.8. The molecular formula is C45H53N9O11S. The first kappa shape index (κ1) is 48.2. The summed E-state index contributed by atoms with van der Waals surface area (Å²) in [5, 5.41) is 37.1. The fourth-order valence-corrected chi connectivity index (χ4v) is 8.65. The Bertz CT molecular complexity index is 2420. The number of fused-ring (bicyclic) bond motifs is 1. The zero-order valence-corrected chi connectivity index (χ0v) is 37.1. The molecule has 0 unspecified atom stereocenters. The zero-order valence-electron chi connectivity index (χ0n) is 36.3. The minimum Gasteiger partial charge on any atom is -0.481 e. The number of H-pyrrole nitrogens is 1. The van der Waals surface area contributed by atoms with Gasteiger partial charge in [0.25, 0.3) is 0 Å².